The zero-order chi connectivity index (χ0) is 21.1. The van der Waals surface area contributed by atoms with Crippen LogP contribution >= 0.6 is 0 Å². The van der Waals surface area contributed by atoms with Crippen molar-refractivity contribution in [3.05, 3.63) is 0 Å². The fourth-order valence-corrected chi connectivity index (χ4v) is 3.84. The number of likely N-dealkylation sites (tertiary alicyclic amines) is 1. The number of amides is 3. The van der Waals surface area contributed by atoms with Crippen molar-refractivity contribution in [2.45, 2.75) is 70.6 Å². The van der Waals surface area contributed by atoms with E-state index in [4.69, 9.17) is 9.47 Å². The van der Waals surface area contributed by atoms with Crippen LogP contribution in [0.2, 0.25) is 0 Å². The molecule has 2 N–H and O–H groups in total. The predicted molar refractivity (Wildman–Crippen MR) is 100 cm³/mol. The quantitative estimate of drug-likeness (QED) is 0.683. The normalized spacial score (nSPS) is 22.4. The summed E-state index contributed by atoms with van der Waals surface area (Å²) >= 11 is 0. The second-order valence-electron chi connectivity index (χ2n) is 8.63. The molecule has 3 amide bonds. The summed E-state index contributed by atoms with van der Waals surface area (Å²) in [5, 5.41) is 5.58. The Morgan fingerprint density at radius 1 is 1.29 bits per heavy atom. The van der Waals surface area contributed by atoms with Crippen molar-refractivity contribution in [1.29, 1.82) is 0 Å². The molecule has 0 aromatic heterocycles. The molecule has 0 aromatic carbocycles. The fraction of sp³-hybridized carbons (Fsp3) is 0.789. The highest BCUT2D eigenvalue weighted by molar-refractivity contribution is 5.85. The van der Waals surface area contributed by atoms with Crippen molar-refractivity contribution in [3.8, 4) is 0 Å². The van der Waals surface area contributed by atoms with E-state index in [0.717, 1.165) is 0 Å². The van der Waals surface area contributed by atoms with Gasteiger partial charge >= 0.3 is 12.1 Å². The Bertz CT molecular complexity index is 634. The summed E-state index contributed by atoms with van der Waals surface area (Å²) in [5.41, 5.74) is -1.06. The number of carbonyl (C=O) groups is 4. The van der Waals surface area contributed by atoms with Gasteiger partial charge in [-0.2, -0.15) is 0 Å². The van der Waals surface area contributed by atoms with Crippen LogP contribution in [-0.2, 0) is 23.9 Å². The average molecular weight is 397 g/mol. The third kappa shape index (κ3) is 5.59. The molecule has 2 aliphatic rings. The third-order valence-corrected chi connectivity index (χ3v) is 5.26. The van der Waals surface area contributed by atoms with Crippen LogP contribution in [-0.4, -0.2) is 66.2 Å². The lowest BCUT2D eigenvalue weighted by Crippen LogP contribution is -2.51. The van der Waals surface area contributed by atoms with Crippen molar-refractivity contribution < 1.29 is 28.7 Å². The predicted octanol–water partition coefficient (Wildman–Crippen LogP) is 0.960. The van der Waals surface area contributed by atoms with Gasteiger partial charge in [-0.3, -0.25) is 9.59 Å². The molecule has 0 bridgehead atoms. The lowest BCUT2D eigenvalue weighted by atomic mass is 9.82. The molecule has 0 saturated carbocycles. The molecule has 9 heteroatoms. The number of hydrogen-bond donors (Lipinski definition) is 2. The molecule has 1 spiro atoms. The number of nitrogens with zero attached hydrogens (tertiary/aromatic N) is 1. The fourth-order valence-electron chi connectivity index (χ4n) is 3.84. The van der Waals surface area contributed by atoms with E-state index in [2.05, 4.69) is 10.6 Å². The molecule has 2 aliphatic heterocycles. The van der Waals surface area contributed by atoms with E-state index in [0.29, 0.717) is 32.4 Å². The van der Waals surface area contributed by atoms with Crippen LogP contribution in [0.25, 0.3) is 0 Å². The first-order valence-electron chi connectivity index (χ1n) is 9.59. The number of methoxy groups -OCH3 is 1. The summed E-state index contributed by atoms with van der Waals surface area (Å²) in [4.78, 5) is 50.0. The highest BCUT2D eigenvalue weighted by atomic mass is 16.6. The number of rotatable bonds is 4. The van der Waals surface area contributed by atoms with Crippen LogP contribution < -0.4 is 10.6 Å². The summed E-state index contributed by atoms with van der Waals surface area (Å²) in [7, 11) is 1.24. The van der Waals surface area contributed by atoms with E-state index in [1.807, 2.05) is 0 Å². The van der Waals surface area contributed by atoms with Crippen LogP contribution in [0.3, 0.4) is 0 Å². The Kier molecular flexibility index (Phi) is 6.56. The standard InChI is InChI=1S/C19H31N3O6/c1-12(23)22-8-6-19(7-9-22)11-13(15(24)21-19)10-14(16(25)27-5)20-17(26)28-18(2,3)4/h13-14H,6-11H2,1-5H3,(H,20,26)(H,21,24)/t13-,14-/m0/s1. The number of carbonyl (C=O) groups excluding carboxylic acids is 4. The summed E-state index contributed by atoms with van der Waals surface area (Å²) in [6, 6.07) is -0.969. The Hall–Kier alpha value is -2.32. The van der Waals surface area contributed by atoms with E-state index in [1.165, 1.54) is 14.0 Å². The molecule has 0 unspecified atom stereocenters. The molecule has 2 fully saturated rings. The number of hydrogen-bond acceptors (Lipinski definition) is 6. The Morgan fingerprint density at radius 2 is 1.89 bits per heavy atom. The Labute approximate surface area is 165 Å². The summed E-state index contributed by atoms with van der Waals surface area (Å²) in [5.74, 6) is -1.16. The van der Waals surface area contributed by atoms with E-state index in [1.54, 1.807) is 25.7 Å². The van der Waals surface area contributed by atoms with Crippen molar-refractivity contribution in [2.75, 3.05) is 20.2 Å². The van der Waals surface area contributed by atoms with E-state index in [-0.39, 0.29) is 23.8 Å². The molecule has 0 radical (unpaired) electrons. The van der Waals surface area contributed by atoms with Crippen LogP contribution in [0.4, 0.5) is 4.79 Å². The van der Waals surface area contributed by atoms with Crippen molar-refractivity contribution >= 4 is 23.9 Å². The Morgan fingerprint density at radius 3 is 2.39 bits per heavy atom. The van der Waals surface area contributed by atoms with Gasteiger partial charge in [0.25, 0.3) is 0 Å². The maximum absolute atomic E-state index is 12.5. The zero-order valence-electron chi connectivity index (χ0n) is 17.3. The molecular weight excluding hydrogens is 366 g/mol. The first kappa shape index (κ1) is 22.0. The van der Waals surface area contributed by atoms with Crippen LogP contribution in [0.1, 0.15) is 53.4 Å². The second-order valence-corrected chi connectivity index (χ2v) is 8.63. The molecule has 2 heterocycles. The smallest absolute Gasteiger partial charge is 0.408 e. The maximum atomic E-state index is 12.5. The number of esters is 1. The van der Waals surface area contributed by atoms with Gasteiger partial charge in [-0.15, -0.1) is 0 Å². The van der Waals surface area contributed by atoms with Crippen LogP contribution in [0.5, 0.6) is 0 Å². The summed E-state index contributed by atoms with van der Waals surface area (Å²) < 4.78 is 9.98. The number of piperidine rings is 1. The van der Waals surface area contributed by atoms with E-state index < -0.39 is 29.6 Å². The summed E-state index contributed by atoms with van der Waals surface area (Å²) in [6.07, 6.45) is 1.32. The van der Waals surface area contributed by atoms with Crippen LogP contribution in [0.15, 0.2) is 0 Å². The molecule has 0 aliphatic carbocycles. The van der Waals surface area contributed by atoms with Gasteiger partial charge in [0.05, 0.1) is 7.11 Å². The van der Waals surface area contributed by atoms with E-state index in [9.17, 15) is 19.2 Å². The van der Waals surface area contributed by atoms with Gasteiger partial charge in [0.2, 0.25) is 11.8 Å². The molecule has 0 aromatic rings. The highest BCUT2D eigenvalue weighted by Gasteiger charge is 2.47. The number of ether oxygens (including phenoxy) is 2. The largest absolute Gasteiger partial charge is 0.467 e. The summed E-state index contributed by atoms with van der Waals surface area (Å²) in [6.45, 7) is 7.90. The monoisotopic (exact) mass is 397 g/mol. The molecular formula is C19H31N3O6. The first-order valence-corrected chi connectivity index (χ1v) is 9.59. The van der Waals surface area contributed by atoms with Gasteiger partial charge in [-0.25, -0.2) is 9.59 Å². The van der Waals surface area contributed by atoms with Crippen molar-refractivity contribution in [3.63, 3.8) is 0 Å². The van der Waals surface area contributed by atoms with E-state index >= 15 is 0 Å². The minimum atomic E-state index is -0.969. The minimum Gasteiger partial charge on any atom is -0.467 e. The number of nitrogens with one attached hydrogen (secondary N) is 2. The lowest BCUT2D eigenvalue weighted by molar-refractivity contribution is -0.143. The van der Waals surface area contributed by atoms with Gasteiger partial charge in [0, 0.05) is 31.5 Å². The molecule has 2 atom stereocenters. The van der Waals surface area contributed by atoms with Gasteiger partial charge < -0.3 is 25.0 Å². The first-order chi connectivity index (χ1) is 12.9. The molecule has 2 rings (SSSR count). The third-order valence-electron chi connectivity index (χ3n) is 5.26. The van der Waals surface area contributed by atoms with Gasteiger partial charge in [0.1, 0.15) is 11.6 Å². The Balaban J connectivity index is 2.00. The SMILES string of the molecule is COC(=O)[C@H](C[C@H]1CC2(CCN(C(C)=O)CC2)NC1=O)NC(=O)OC(C)(C)C. The second kappa shape index (κ2) is 8.36. The molecule has 9 nitrogen and oxygen atoms in total. The van der Waals surface area contributed by atoms with Crippen LogP contribution in [0, 0.1) is 5.92 Å². The molecule has 28 heavy (non-hydrogen) atoms. The minimum absolute atomic E-state index is 0.0306. The van der Waals surface area contributed by atoms with Crippen molar-refractivity contribution in [2.24, 2.45) is 5.92 Å². The lowest BCUT2D eigenvalue weighted by Gasteiger charge is -2.39. The van der Waals surface area contributed by atoms with Gasteiger partial charge in [0.15, 0.2) is 0 Å². The van der Waals surface area contributed by atoms with Crippen molar-refractivity contribution in [1.82, 2.24) is 15.5 Å². The molecule has 158 valence electrons. The zero-order valence-corrected chi connectivity index (χ0v) is 17.3. The number of alkyl carbamates (subject to hydrolysis) is 1. The maximum Gasteiger partial charge on any atom is 0.408 e. The molecule has 2 saturated heterocycles. The topological polar surface area (TPSA) is 114 Å². The van der Waals surface area contributed by atoms with Gasteiger partial charge in [-0.05, 0) is 46.5 Å². The van der Waals surface area contributed by atoms with Gasteiger partial charge in [-0.1, -0.05) is 0 Å². The highest BCUT2D eigenvalue weighted by Crippen LogP contribution is 2.36. The average Bonchev–Trinajstić information content (AvgIpc) is 2.87.